The molecular weight excluding hydrogens is 643 g/mol. The Morgan fingerprint density at radius 3 is 2.21 bits per heavy atom. The number of benzene rings is 6. The van der Waals surface area contributed by atoms with Crippen LogP contribution >= 0.6 is 0 Å². The third kappa shape index (κ3) is 4.47. The minimum atomic E-state index is -0.108. The van der Waals surface area contributed by atoms with Crippen LogP contribution in [0.1, 0.15) is 54.5 Å². The van der Waals surface area contributed by atoms with Gasteiger partial charge in [0.15, 0.2) is 0 Å². The van der Waals surface area contributed by atoms with E-state index in [0.29, 0.717) is 0 Å². The number of rotatable bonds is 3. The van der Waals surface area contributed by atoms with Crippen LogP contribution in [-0.4, -0.2) is 9.97 Å². The van der Waals surface area contributed by atoms with Gasteiger partial charge in [-0.15, -0.1) is 0 Å². The summed E-state index contributed by atoms with van der Waals surface area (Å²) in [6.07, 6.45) is 10.1. The van der Waals surface area contributed by atoms with Crippen LogP contribution in [0.3, 0.4) is 0 Å². The first-order valence-electron chi connectivity index (χ1n) is 18.7. The number of allylic oxidation sites excluding steroid dienone is 5. The topological polar surface area (TPSA) is 37.8 Å². The first-order chi connectivity index (χ1) is 26.0. The lowest BCUT2D eigenvalue weighted by Gasteiger charge is -2.36. The van der Waals surface area contributed by atoms with Crippen molar-refractivity contribution >= 4 is 54.6 Å². The maximum atomic E-state index is 5.22. The summed E-state index contributed by atoms with van der Waals surface area (Å²) in [4.78, 5) is 9.92. The van der Waals surface area contributed by atoms with E-state index < -0.39 is 0 Å². The molecule has 3 heterocycles. The Hall–Kier alpha value is -6.32. The van der Waals surface area contributed by atoms with Gasteiger partial charge < -0.3 is 5.32 Å². The summed E-state index contributed by atoms with van der Waals surface area (Å²) in [6.45, 7) is 4.81. The molecule has 252 valence electrons. The first-order valence-corrected chi connectivity index (χ1v) is 18.7. The lowest BCUT2D eigenvalue weighted by molar-refractivity contribution is 0.629. The molecular formula is C50H37N3. The maximum absolute atomic E-state index is 5.22. The molecule has 6 aromatic carbocycles. The quantitative estimate of drug-likeness (QED) is 0.189. The highest BCUT2D eigenvalue weighted by Crippen LogP contribution is 2.58. The van der Waals surface area contributed by atoms with Crippen molar-refractivity contribution in [2.24, 2.45) is 0 Å². The Bertz CT molecular complexity index is 2940. The van der Waals surface area contributed by atoms with Crippen molar-refractivity contribution in [3.63, 3.8) is 0 Å². The van der Waals surface area contributed by atoms with Gasteiger partial charge in [0, 0.05) is 44.8 Å². The lowest BCUT2D eigenvalue weighted by atomic mass is 9.73. The third-order valence-electron chi connectivity index (χ3n) is 12.1. The van der Waals surface area contributed by atoms with Gasteiger partial charge in [0.05, 0.1) is 28.5 Å². The van der Waals surface area contributed by atoms with Gasteiger partial charge in [-0.3, -0.25) is 4.98 Å². The van der Waals surface area contributed by atoms with Gasteiger partial charge >= 0.3 is 0 Å². The van der Waals surface area contributed by atoms with E-state index in [1.807, 2.05) is 12.3 Å². The standard InChI is InChI=1S/C50H37N3/c1-50(2)42-16-8-7-15-40(42)49-45(50)44(41-25-23-30-10-3-4-12-36(30)48(41)53-49)32-19-17-31(18-20-32)35-26-27-39(38-14-6-5-13-37(35)38)43-28-24-34-22-21-33-11-9-29-51-46(33)47(34)52-43/h3-17,19-29,31,49,53H,18H2,1-2H3. The van der Waals surface area contributed by atoms with E-state index in [2.05, 4.69) is 165 Å². The molecule has 2 aromatic heterocycles. The van der Waals surface area contributed by atoms with Crippen LogP contribution in [0, 0.1) is 0 Å². The van der Waals surface area contributed by atoms with Crippen LogP contribution in [0.2, 0.25) is 0 Å². The van der Waals surface area contributed by atoms with Crippen LogP contribution in [0.4, 0.5) is 5.69 Å². The Labute approximate surface area is 309 Å². The number of hydrogen-bond acceptors (Lipinski definition) is 3. The van der Waals surface area contributed by atoms with Crippen molar-refractivity contribution < 1.29 is 0 Å². The molecule has 2 aliphatic carbocycles. The van der Waals surface area contributed by atoms with Crippen molar-refractivity contribution in [2.45, 2.75) is 37.6 Å². The molecule has 2 atom stereocenters. The normalized spacial score (nSPS) is 18.6. The fourth-order valence-corrected chi connectivity index (χ4v) is 9.60. The Morgan fingerprint density at radius 1 is 0.623 bits per heavy atom. The summed E-state index contributed by atoms with van der Waals surface area (Å²) in [5, 5.41) is 11.3. The minimum absolute atomic E-state index is 0.108. The number of nitrogens with zero attached hydrogens (tertiary/aromatic N) is 2. The van der Waals surface area contributed by atoms with Crippen molar-refractivity contribution in [1.29, 1.82) is 0 Å². The summed E-state index contributed by atoms with van der Waals surface area (Å²) < 4.78 is 0. The average Bonchev–Trinajstić information content (AvgIpc) is 3.45. The molecule has 0 fully saturated rings. The molecule has 0 amide bonds. The predicted molar refractivity (Wildman–Crippen MR) is 221 cm³/mol. The third-order valence-corrected chi connectivity index (χ3v) is 12.1. The van der Waals surface area contributed by atoms with Crippen LogP contribution in [0.15, 0.2) is 169 Å². The SMILES string of the molecule is CC1(C)C2=C(C3=CCC(c4ccc(-c5ccc6ccc7cccnc7c6n5)c5ccccc45)C=C3)c3ccc4ccccc4c3NC2c2ccccc21. The van der Waals surface area contributed by atoms with E-state index in [-0.39, 0.29) is 17.4 Å². The van der Waals surface area contributed by atoms with Gasteiger partial charge in [0.2, 0.25) is 0 Å². The zero-order valence-corrected chi connectivity index (χ0v) is 29.8. The van der Waals surface area contributed by atoms with Crippen LogP contribution in [0.25, 0.3) is 60.2 Å². The lowest BCUT2D eigenvalue weighted by Crippen LogP contribution is -2.25. The molecule has 0 bridgehead atoms. The molecule has 0 radical (unpaired) electrons. The number of fused-ring (bicyclic) bond motifs is 10. The van der Waals surface area contributed by atoms with E-state index in [9.17, 15) is 0 Å². The summed E-state index contributed by atoms with van der Waals surface area (Å²) in [5.74, 6) is 0.267. The van der Waals surface area contributed by atoms with Crippen LogP contribution < -0.4 is 5.32 Å². The predicted octanol–water partition coefficient (Wildman–Crippen LogP) is 12.6. The number of aromatic nitrogens is 2. The molecule has 0 spiro atoms. The number of nitrogens with one attached hydrogen (secondary N) is 1. The molecule has 0 saturated carbocycles. The number of pyridine rings is 2. The second kappa shape index (κ2) is 11.3. The van der Waals surface area contributed by atoms with Crippen LogP contribution in [0.5, 0.6) is 0 Å². The molecule has 3 aliphatic rings. The molecule has 0 saturated heterocycles. The summed E-state index contributed by atoms with van der Waals surface area (Å²) >= 11 is 0. The Kier molecular flexibility index (Phi) is 6.49. The van der Waals surface area contributed by atoms with Gasteiger partial charge in [0.1, 0.15) is 0 Å². The van der Waals surface area contributed by atoms with Gasteiger partial charge in [0.25, 0.3) is 0 Å². The van der Waals surface area contributed by atoms with Gasteiger partial charge in [-0.1, -0.05) is 153 Å². The minimum Gasteiger partial charge on any atom is -0.373 e. The number of hydrogen-bond donors (Lipinski definition) is 1. The molecule has 3 heteroatoms. The van der Waals surface area contributed by atoms with Crippen LogP contribution in [-0.2, 0) is 5.41 Å². The van der Waals surface area contributed by atoms with Gasteiger partial charge in [-0.05, 0) is 68.1 Å². The maximum Gasteiger partial charge on any atom is 0.0972 e. The average molecular weight is 680 g/mol. The van der Waals surface area contributed by atoms with Crippen molar-refractivity contribution in [2.75, 3.05) is 5.32 Å². The number of anilines is 1. The zero-order chi connectivity index (χ0) is 35.3. The van der Waals surface area contributed by atoms with E-state index in [4.69, 9.17) is 9.97 Å². The molecule has 1 aliphatic heterocycles. The smallest absolute Gasteiger partial charge is 0.0972 e. The molecule has 53 heavy (non-hydrogen) atoms. The fraction of sp³-hybridized carbons (Fsp3) is 0.120. The van der Waals surface area contributed by atoms with Crippen molar-refractivity contribution in [1.82, 2.24) is 9.97 Å². The molecule has 1 N–H and O–H groups in total. The fourth-order valence-electron chi connectivity index (χ4n) is 9.60. The molecule has 2 unspecified atom stereocenters. The van der Waals surface area contributed by atoms with Crippen molar-refractivity contribution in [3.8, 4) is 11.3 Å². The van der Waals surface area contributed by atoms with E-state index in [1.165, 1.54) is 66.2 Å². The monoisotopic (exact) mass is 679 g/mol. The highest BCUT2D eigenvalue weighted by atomic mass is 15.0. The summed E-state index contributed by atoms with van der Waals surface area (Å²) in [5.41, 5.74) is 14.8. The van der Waals surface area contributed by atoms with Gasteiger partial charge in [-0.2, -0.15) is 0 Å². The highest BCUT2D eigenvalue weighted by Gasteiger charge is 2.46. The van der Waals surface area contributed by atoms with E-state index >= 15 is 0 Å². The zero-order valence-electron chi connectivity index (χ0n) is 29.8. The molecule has 8 aromatic rings. The van der Waals surface area contributed by atoms with Crippen molar-refractivity contribution in [3.05, 3.63) is 191 Å². The Balaban J connectivity index is 1.01. The van der Waals surface area contributed by atoms with E-state index in [0.717, 1.165) is 39.5 Å². The Morgan fingerprint density at radius 2 is 1.34 bits per heavy atom. The molecule has 3 nitrogen and oxygen atoms in total. The largest absolute Gasteiger partial charge is 0.373 e. The second-order valence-corrected chi connectivity index (χ2v) is 15.3. The highest BCUT2D eigenvalue weighted by molar-refractivity contribution is 6.07. The van der Waals surface area contributed by atoms with E-state index in [1.54, 1.807) is 0 Å². The summed E-state index contributed by atoms with van der Waals surface area (Å²) in [6, 6.07) is 48.7. The molecule has 11 rings (SSSR count). The second-order valence-electron chi connectivity index (χ2n) is 15.3. The summed E-state index contributed by atoms with van der Waals surface area (Å²) in [7, 11) is 0. The van der Waals surface area contributed by atoms with Gasteiger partial charge in [-0.25, -0.2) is 4.98 Å². The first kappa shape index (κ1) is 30.3.